The van der Waals surface area contributed by atoms with Crippen molar-refractivity contribution in [3.8, 4) is 5.75 Å². The molecule has 0 atom stereocenters. The zero-order chi connectivity index (χ0) is 17.3. The lowest BCUT2D eigenvalue weighted by molar-refractivity contribution is -0.118. The Morgan fingerprint density at radius 3 is 2.44 bits per heavy atom. The molecule has 0 unspecified atom stereocenters. The second-order valence-corrected chi connectivity index (χ2v) is 6.50. The second-order valence-electron chi connectivity index (χ2n) is 6.50. The molecule has 132 valence electrons. The number of likely N-dealkylation sites (tertiary alicyclic amines) is 1. The fraction of sp³-hybridized carbons (Fsp3) is 0.381. The number of hydrogen-bond donors (Lipinski definition) is 1. The van der Waals surface area contributed by atoms with Crippen molar-refractivity contribution < 1.29 is 9.53 Å². The number of carbonyl (C=O) groups is 1. The highest BCUT2D eigenvalue weighted by molar-refractivity contribution is 5.91. The fourth-order valence-corrected chi connectivity index (χ4v) is 3.13. The summed E-state index contributed by atoms with van der Waals surface area (Å²) in [6.07, 6.45) is 4.98. The maximum absolute atomic E-state index is 11.9. The highest BCUT2D eigenvalue weighted by Crippen LogP contribution is 2.13. The van der Waals surface area contributed by atoms with Crippen LogP contribution in [0.5, 0.6) is 5.75 Å². The van der Waals surface area contributed by atoms with Gasteiger partial charge in [0, 0.05) is 5.69 Å². The summed E-state index contributed by atoms with van der Waals surface area (Å²) in [5.74, 6) is 0.552. The number of anilines is 1. The standard InChI is InChI=1S/C21H26N2O2/c24-21(17-25-20-8-2-1-3-9-20)22-19-12-10-18(11-13-19)7-6-16-23-14-4-5-15-23/h1-3,8-13H,4-7,14-17H2,(H,22,24). The van der Waals surface area contributed by atoms with Crippen LogP contribution in [0.4, 0.5) is 5.69 Å². The van der Waals surface area contributed by atoms with Gasteiger partial charge in [-0.05, 0) is 75.1 Å². The number of rotatable bonds is 8. The molecule has 0 aliphatic carbocycles. The summed E-state index contributed by atoms with van der Waals surface area (Å²) in [6, 6.07) is 17.5. The number of nitrogens with zero attached hydrogens (tertiary/aromatic N) is 1. The quantitative estimate of drug-likeness (QED) is 0.797. The Hall–Kier alpha value is -2.33. The van der Waals surface area contributed by atoms with Crippen molar-refractivity contribution in [2.75, 3.05) is 31.6 Å². The molecule has 1 aliphatic heterocycles. The highest BCUT2D eigenvalue weighted by Gasteiger charge is 2.10. The minimum absolute atomic E-state index is 0.0155. The number of para-hydroxylation sites is 1. The molecule has 0 saturated carbocycles. The predicted octanol–water partition coefficient (Wildman–Crippen LogP) is 3.73. The molecule has 0 radical (unpaired) electrons. The smallest absolute Gasteiger partial charge is 0.262 e. The van der Waals surface area contributed by atoms with E-state index in [2.05, 4.69) is 22.3 Å². The van der Waals surface area contributed by atoms with Gasteiger partial charge in [0.2, 0.25) is 0 Å². The molecule has 1 saturated heterocycles. The van der Waals surface area contributed by atoms with E-state index < -0.39 is 0 Å². The average Bonchev–Trinajstić information content (AvgIpc) is 3.16. The lowest BCUT2D eigenvalue weighted by Gasteiger charge is -2.14. The Labute approximate surface area is 149 Å². The van der Waals surface area contributed by atoms with Gasteiger partial charge in [-0.1, -0.05) is 30.3 Å². The van der Waals surface area contributed by atoms with Crippen molar-refractivity contribution in [2.45, 2.75) is 25.7 Å². The Bertz CT molecular complexity index is 649. The van der Waals surface area contributed by atoms with Crippen LogP contribution in [0.3, 0.4) is 0 Å². The molecule has 4 nitrogen and oxygen atoms in total. The fourth-order valence-electron chi connectivity index (χ4n) is 3.13. The van der Waals surface area contributed by atoms with Crippen molar-refractivity contribution in [1.29, 1.82) is 0 Å². The van der Waals surface area contributed by atoms with E-state index in [-0.39, 0.29) is 12.5 Å². The van der Waals surface area contributed by atoms with Gasteiger partial charge in [-0.2, -0.15) is 0 Å². The van der Waals surface area contributed by atoms with Crippen molar-refractivity contribution >= 4 is 11.6 Å². The van der Waals surface area contributed by atoms with Gasteiger partial charge in [0.15, 0.2) is 6.61 Å². The van der Waals surface area contributed by atoms with E-state index in [1.165, 1.54) is 44.5 Å². The number of aryl methyl sites for hydroxylation is 1. The van der Waals surface area contributed by atoms with Crippen molar-refractivity contribution in [3.05, 3.63) is 60.2 Å². The Morgan fingerprint density at radius 1 is 1.00 bits per heavy atom. The van der Waals surface area contributed by atoms with Crippen LogP contribution in [0.2, 0.25) is 0 Å². The molecule has 1 heterocycles. The molecule has 0 spiro atoms. The van der Waals surface area contributed by atoms with Crippen LogP contribution in [0.15, 0.2) is 54.6 Å². The molecule has 1 aliphatic rings. The third kappa shape index (κ3) is 5.91. The van der Waals surface area contributed by atoms with Gasteiger partial charge in [-0.25, -0.2) is 0 Å². The molecule has 1 amide bonds. The van der Waals surface area contributed by atoms with Gasteiger partial charge in [0.1, 0.15) is 5.75 Å². The zero-order valence-corrected chi connectivity index (χ0v) is 14.6. The third-order valence-electron chi connectivity index (χ3n) is 4.49. The topological polar surface area (TPSA) is 41.6 Å². The molecule has 25 heavy (non-hydrogen) atoms. The Kier molecular flexibility index (Phi) is 6.46. The first-order valence-electron chi connectivity index (χ1n) is 9.08. The maximum atomic E-state index is 11.9. The van der Waals surface area contributed by atoms with Crippen LogP contribution in [-0.4, -0.2) is 37.0 Å². The molecule has 1 N–H and O–H groups in total. The van der Waals surface area contributed by atoms with E-state index in [4.69, 9.17) is 4.74 Å². The SMILES string of the molecule is O=C(COc1ccccc1)Nc1ccc(CCCN2CCCC2)cc1. The summed E-state index contributed by atoms with van der Waals surface area (Å²) >= 11 is 0. The van der Waals surface area contributed by atoms with Crippen molar-refractivity contribution in [1.82, 2.24) is 4.90 Å². The number of amides is 1. The monoisotopic (exact) mass is 338 g/mol. The first-order valence-corrected chi connectivity index (χ1v) is 9.08. The largest absolute Gasteiger partial charge is 0.484 e. The summed E-state index contributed by atoms with van der Waals surface area (Å²) < 4.78 is 5.45. The van der Waals surface area contributed by atoms with E-state index in [1.54, 1.807) is 0 Å². The van der Waals surface area contributed by atoms with Gasteiger partial charge < -0.3 is 15.0 Å². The van der Waals surface area contributed by atoms with Crippen LogP contribution < -0.4 is 10.1 Å². The van der Waals surface area contributed by atoms with E-state index >= 15 is 0 Å². The highest BCUT2D eigenvalue weighted by atomic mass is 16.5. The first kappa shape index (κ1) is 17.5. The summed E-state index contributed by atoms with van der Waals surface area (Å²) in [7, 11) is 0. The van der Waals surface area contributed by atoms with Crippen LogP contribution >= 0.6 is 0 Å². The minimum atomic E-state index is -0.148. The molecule has 1 fully saturated rings. The average molecular weight is 338 g/mol. The second kappa shape index (κ2) is 9.23. The van der Waals surface area contributed by atoms with E-state index in [0.717, 1.165) is 12.1 Å². The molecule has 0 aromatic heterocycles. The number of benzene rings is 2. The first-order chi connectivity index (χ1) is 12.3. The van der Waals surface area contributed by atoms with Crippen LogP contribution in [0.1, 0.15) is 24.8 Å². The van der Waals surface area contributed by atoms with Crippen molar-refractivity contribution in [3.63, 3.8) is 0 Å². The normalized spacial score (nSPS) is 14.4. The lowest BCUT2D eigenvalue weighted by Crippen LogP contribution is -2.20. The van der Waals surface area contributed by atoms with E-state index in [1.807, 2.05) is 42.5 Å². The molecule has 3 rings (SSSR count). The van der Waals surface area contributed by atoms with Crippen LogP contribution in [0.25, 0.3) is 0 Å². The lowest BCUT2D eigenvalue weighted by atomic mass is 10.1. The summed E-state index contributed by atoms with van der Waals surface area (Å²) in [6.45, 7) is 3.73. The molecule has 2 aromatic carbocycles. The van der Waals surface area contributed by atoms with Gasteiger partial charge in [0.25, 0.3) is 5.91 Å². The van der Waals surface area contributed by atoms with Crippen molar-refractivity contribution in [2.24, 2.45) is 0 Å². The maximum Gasteiger partial charge on any atom is 0.262 e. The van der Waals surface area contributed by atoms with Gasteiger partial charge in [-0.15, -0.1) is 0 Å². The number of ether oxygens (including phenoxy) is 1. The molecular weight excluding hydrogens is 312 g/mol. The Morgan fingerprint density at radius 2 is 1.72 bits per heavy atom. The van der Waals surface area contributed by atoms with E-state index in [0.29, 0.717) is 5.75 Å². The Balaban J connectivity index is 1.38. The van der Waals surface area contributed by atoms with Crippen LogP contribution in [0, 0.1) is 0 Å². The molecular formula is C21H26N2O2. The summed E-state index contributed by atoms with van der Waals surface area (Å²) in [4.78, 5) is 14.5. The predicted molar refractivity (Wildman–Crippen MR) is 101 cm³/mol. The zero-order valence-electron chi connectivity index (χ0n) is 14.6. The molecule has 0 bridgehead atoms. The number of nitrogens with one attached hydrogen (secondary N) is 1. The van der Waals surface area contributed by atoms with Gasteiger partial charge in [0.05, 0.1) is 0 Å². The van der Waals surface area contributed by atoms with Gasteiger partial charge in [-0.3, -0.25) is 4.79 Å². The van der Waals surface area contributed by atoms with Crippen LogP contribution in [-0.2, 0) is 11.2 Å². The summed E-state index contributed by atoms with van der Waals surface area (Å²) in [5.41, 5.74) is 2.13. The number of carbonyl (C=O) groups excluding carboxylic acids is 1. The summed E-state index contributed by atoms with van der Waals surface area (Å²) in [5, 5.41) is 2.87. The number of hydrogen-bond acceptors (Lipinski definition) is 3. The molecule has 4 heteroatoms. The minimum Gasteiger partial charge on any atom is -0.484 e. The molecule has 2 aromatic rings. The van der Waals surface area contributed by atoms with E-state index in [9.17, 15) is 4.79 Å². The van der Waals surface area contributed by atoms with Gasteiger partial charge >= 0.3 is 0 Å². The third-order valence-corrected chi connectivity index (χ3v) is 4.49.